The number of benzene rings is 2. The number of anilines is 1. The quantitative estimate of drug-likeness (QED) is 0.562. The molecule has 0 bridgehead atoms. The second-order valence-electron chi connectivity index (χ2n) is 8.36. The number of halogens is 4. The van der Waals surface area contributed by atoms with Gasteiger partial charge in [0.15, 0.2) is 0 Å². The summed E-state index contributed by atoms with van der Waals surface area (Å²) in [5, 5.41) is 2.07. The van der Waals surface area contributed by atoms with E-state index in [9.17, 15) is 26.4 Å². The molecule has 0 unspecified atom stereocenters. The molecule has 1 aliphatic rings. The Morgan fingerprint density at radius 2 is 1.68 bits per heavy atom. The predicted octanol–water partition coefficient (Wildman–Crippen LogP) is 4.43. The minimum absolute atomic E-state index is 0.162. The molecule has 1 aliphatic heterocycles. The van der Waals surface area contributed by atoms with E-state index in [1.54, 1.807) is 0 Å². The van der Waals surface area contributed by atoms with Gasteiger partial charge in [-0.2, -0.15) is 13.2 Å². The molecule has 0 aliphatic carbocycles. The Hall–Kier alpha value is -2.30. The van der Waals surface area contributed by atoms with Crippen LogP contribution in [0.4, 0.5) is 18.9 Å². The second kappa shape index (κ2) is 11.0. The van der Waals surface area contributed by atoms with E-state index in [2.05, 4.69) is 10.2 Å². The maximum atomic E-state index is 13.2. The molecule has 2 aromatic carbocycles. The van der Waals surface area contributed by atoms with Crippen molar-refractivity contribution in [3.63, 3.8) is 0 Å². The number of nitrogens with zero attached hydrogens (tertiary/aromatic N) is 2. The van der Waals surface area contributed by atoms with E-state index in [-0.39, 0.29) is 12.2 Å². The number of sulfonamides is 1. The van der Waals surface area contributed by atoms with Crippen molar-refractivity contribution >= 4 is 33.2 Å². The molecule has 11 heteroatoms. The summed E-state index contributed by atoms with van der Waals surface area (Å²) in [6, 6.07) is 10.5. The first kappa shape index (κ1) is 26.3. The van der Waals surface area contributed by atoms with Crippen molar-refractivity contribution in [2.24, 2.45) is 0 Å². The van der Waals surface area contributed by atoms with E-state index in [1.165, 1.54) is 24.8 Å². The van der Waals surface area contributed by atoms with Crippen LogP contribution in [0.3, 0.4) is 0 Å². The lowest BCUT2D eigenvalue weighted by Crippen LogP contribution is -2.40. The normalized spacial score (nSPS) is 15.2. The monoisotopic (exact) mass is 517 g/mol. The topological polar surface area (TPSA) is 69.7 Å². The molecule has 0 aromatic heterocycles. The summed E-state index contributed by atoms with van der Waals surface area (Å²) in [5.41, 5.74) is 0.526. The van der Waals surface area contributed by atoms with Crippen molar-refractivity contribution in [1.29, 1.82) is 0 Å². The van der Waals surface area contributed by atoms with Gasteiger partial charge in [-0.15, -0.1) is 0 Å². The van der Waals surface area contributed by atoms with E-state index in [1.807, 2.05) is 24.3 Å². The maximum Gasteiger partial charge on any atom is 0.417 e. The zero-order valence-corrected chi connectivity index (χ0v) is 20.3. The highest BCUT2D eigenvalue weighted by Gasteiger charge is 2.34. The third kappa shape index (κ3) is 7.35. The molecule has 0 radical (unpaired) electrons. The Balaban J connectivity index is 1.62. The Kier molecular flexibility index (Phi) is 8.48. The number of hydrogen-bond donors (Lipinski definition) is 1. The van der Waals surface area contributed by atoms with Crippen LogP contribution in [0, 0.1) is 0 Å². The van der Waals surface area contributed by atoms with Gasteiger partial charge in [0.25, 0.3) is 0 Å². The van der Waals surface area contributed by atoms with Crippen molar-refractivity contribution in [2.75, 3.05) is 30.2 Å². The number of alkyl halides is 3. The van der Waals surface area contributed by atoms with Gasteiger partial charge in [0.05, 0.1) is 22.5 Å². The van der Waals surface area contributed by atoms with Gasteiger partial charge in [-0.25, -0.2) is 8.42 Å². The largest absolute Gasteiger partial charge is 0.417 e. The Morgan fingerprint density at radius 1 is 1.06 bits per heavy atom. The summed E-state index contributed by atoms with van der Waals surface area (Å²) in [4.78, 5) is 14.9. The molecule has 186 valence electrons. The average molecular weight is 518 g/mol. The molecule has 3 rings (SSSR count). The Bertz CT molecular complexity index is 1100. The number of nitrogens with one attached hydrogen (secondary N) is 1. The first-order valence-electron chi connectivity index (χ1n) is 10.8. The number of amides is 1. The number of carbonyl (C=O) groups is 1. The number of carbonyl (C=O) groups excluding carboxylic acids is 1. The van der Waals surface area contributed by atoms with Crippen molar-refractivity contribution in [1.82, 2.24) is 10.2 Å². The molecule has 1 N–H and O–H groups in total. The van der Waals surface area contributed by atoms with Gasteiger partial charge in [0, 0.05) is 13.1 Å². The van der Waals surface area contributed by atoms with E-state index in [0.29, 0.717) is 10.4 Å². The summed E-state index contributed by atoms with van der Waals surface area (Å²) in [6.45, 7) is 2.55. The predicted molar refractivity (Wildman–Crippen MR) is 126 cm³/mol. The molecule has 0 atom stereocenters. The molecule has 6 nitrogen and oxygen atoms in total. The first-order chi connectivity index (χ1) is 15.9. The summed E-state index contributed by atoms with van der Waals surface area (Å²) >= 11 is 5.62. The van der Waals surface area contributed by atoms with Crippen molar-refractivity contribution in [2.45, 2.75) is 38.5 Å². The van der Waals surface area contributed by atoms with Crippen LogP contribution in [0.5, 0.6) is 0 Å². The number of rotatable bonds is 8. The van der Waals surface area contributed by atoms with Gasteiger partial charge in [0.2, 0.25) is 15.9 Å². The van der Waals surface area contributed by atoms with Crippen LogP contribution in [0.1, 0.15) is 36.0 Å². The van der Waals surface area contributed by atoms with Gasteiger partial charge in [-0.05, 0) is 55.3 Å². The van der Waals surface area contributed by atoms with Crippen LogP contribution in [-0.4, -0.2) is 45.1 Å². The van der Waals surface area contributed by atoms with Crippen LogP contribution < -0.4 is 9.62 Å². The molecule has 0 saturated carbocycles. The molecule has 34 heavy (non-hydrogen) atoms. The van der Waals surface area contributed by atoms with Crippen molar-refractivity contribution in [3.05, 3.63) is 64.2 Å². The lowest BCUT2D eigenvalue weighted by atomic mass is 10.1. The van der Waals surface area contributed by atoms with Gasteiger partial charge in [0.1, 0.15) is 6.54 Å². The summed E-state index contributed by atoms with van der Waals surface area (Å²) < 4.78 is 64.6. The average Bonchev–Trinajstić information content (AvgIpc) is 2.77. The van der Waals surface area contributed by atoms with Crippen LogP contribution in [-0.2, 0) is 34.1 Å². The third-order valence-corrected chi connectivity index (χ3v) is 7.07. The lowest BCUT2D eigenvalue weighted by Gasteiger charge is -2.26. The van der Waals surface area contributed by atoms with Gasteiger partial charge >= 0.3 is 6.18 Å². The van der Waals surface area contributed by atoms with Crippen LogP contribution >= 0.6 is 11.6 Å². The zero-order chi connectivity index (χ0) is 24.9. The molecule has 0 spiro atoms. The SMILES string of the molecule is CS(=O)(=O)N(CC(=O)NCc1ccc(CN2CCCCC2)cc1)c1ccc(Cl)c(C(F)(F)F)c1. The summed E-state index contributed by atoms with van der Waals surface area (Å²) in [5.74, 6) is -0.647. The number of piperidine rings is 1. The molecule has 1 fully saturated rings. The van der Waals surface area contributed by atoms with E-state index in [0.717, 1.165) is 43.6 Å². The van der Waals surface area contributed by atoms with Gasteiger partial charge < -0.3 is 5.32 Å². The minimum atomic E-state index is -4.77. The summed E-state index contributed by atoms with van der Waals surface area (Å²) in [6.07, 6.45) is -0.250. The third-order valence-electron chi connectivity index (χ3n) is 5.60. The minimum Gasteiger partial charge on any atom is -0.350 e. The highest BCUT2D eigenvalue weighted by atomic mass is 35.5. The number of likely N-dealkylation sites (tertiary alicyclic amines) is 1. The molecular formula is C23H27ClF3N3O3S. The molecule has 1 saturated heterocycles. The highest BCUT2D eigenvalue weighted by Crippen LogP contribution is 2.37. The van der Waals surface area contributed by atoms with Gasteiger partial charge in [-0.3, -0.25) is 14.0 Å². The standard InChI is InChI=1S/C23H27ClF3N3O3S/c1-34(32,33)30(19-9-10-21(24)20(13-19)23(25,26)27)16-22(31)28-14-17-5-7-18(8-6-17)15-29-11-3-2-4-12-29/h5-10,13H,2-4,11-12,14-16H2,1H3,(H,28,31). The lowest BCUT2D eigenvalue weighted by molar-refractivity contribution is -0.137. The van der Waals surface area contributed by atoms with Crippen molar-refractivity contribution in [3.8, 4) is 0 Å². The van der Waals surface area contributed by atoms with Crippen LogP contribution in [0.15, 0.2) is 42.5 Å². The Morgan fingerprint density at radius 3 is 2.26 bits per heavy atom. The molecular weight excluding hydrogens is 491 g/mol. The van der Waals surface area contributed by atoms with Crippen LogP contribution in [0.2, 0.25) is 5.02 Å². The van der Waals surface area contributed by atoms with E-state index < -0.39 is 39.2 Å². The molecule has 1 amide bonds. The zero-order valence-electron chi connectivity index (χ0n) is 18.7. The second-order valence-corrected chi connectivity index (χ2v) is 10.7. The smallest absolute Gasteiger partial charge is 0.350 e. The first-order valence-corrected chi connectivity index (χ1v) is 13.1. The summed E-state index contributed by atoms with van der Waals surface area (Å²) in [7, 11) is -4.03. The molecule has 1 heterocycles. The fourth-order valence-electron chi connectivity index (χ4n) is 3.81. The van der Waals surface area contributed by atoms with E-state index >= 15 is 0 Å². The van der Waals surface area contributed by atoms with E-state index in [4.69, 9.17) is 11.6 Å². The van der Waals surface area contributed by atoms with Crippen molar-refractivity contribution < 1.29 is 26.4 Å². The van der Waals surface area contributed by atoms with Crippen LogP contribution in [0.25, 0.3) is 0 Å². The van der Waals surface area contributed by atoms with Gasteiger partial charge in [-0.1, -0.05) is 42.3 Å². The Labute approximate surface area is 202 Å². The number of hydrogen-bond acceptors (Lipinski definition) is 4. The maximum absolute atomic E-state index is 13.2. The fraction of sp³-hybridized carbons (Fsp3) is 0.435. The molecule has 2 aromatic rings. The fourth-order valence-corrected chi connectivity index (χ4v) is 4.88. The highest BCUT2D eigenvalue weighted by molar-refractivity contribution is 7.92.